The summed E-state index contributed by atoms with van der Waals surface area (Å²) in [4.78, 5) is 0. The largest absolute Gasteiger partial charge is 0.346 e. The number of nitrogens with two attached hydrogens (primary N) is 1. The summed E-state index contributed by atoms with van der Waals surface area (Å²) in [5.74, 6) is 0. The highest BCUT2D eigenvalue weighted by Gasteiger charge is 2.12. The first kappa shape index (κ1) is 10.5. The number of hydrogen-bond acceptors (Lipinski definition) is 1. The van der Waals surface area contributed by atoms with E-state index in [-0.39, 0.29) is 0 Å². The molecule has 1 heterocycles. The van der Waals surface area contributed by atoms with Gasteiger partial charge in [0.1, 0.15) is 0 Å². The smallest absolute Gasteiger partial charge is 0.0694 e. The zero-order chi connectivity index (χ0) is 11.0. The molecule has 2 aromatic rings. The summed E-state index contributed by atoms with van der Waals surface area (Å²) in [5, 5.41) is 1.96. The van der Waals surface area contributed by atoms with Crippen LogP contribution in [-0.2, 0) is 13.5 Å². The minimum absolute atomic E-state index is 0.628. The third-order valence-electron chi connectivity index (χ3n) is 2.79. The molecule has 2 N–H and O–H groups in total. The van der Waals surface area contributed by atoms with Gasteiger partial charge in [-0.25, -0.2) is 0 Å². The van der Waals surface area contributed by atoms with Crippen LogP contribution in [0.2, 0.25) is 5.02 Å². The van der Waals surface area contributed by atoms with Gasteiger partial charge in [0, 0.05) is 30.1 Å². The molecule has 0 fully saturated rings. The molecule has 2 nitrogen and oxygen atoms in total. The van der Waals surface area contributed by atoms with Crippen molar-refractivity contribution in [1.29, 1.82) is 0 Å². The maximum absolute atomic E-state index is 6.32. The molecule has 0 atom stereocenters. The zero-order valence-corrected chi connectivity index (χ0v) is 9.80. The van der Waals surface area contributed by atoms with Crippen molar-refractivity contribution in [2.75, 3.05) is 6.54 Å². The first-order valence-electron chi connectivity index (χ1n) is 5.08. The Morgan fingerprint density at radius 1 is 1.40 bits per heavy atom. The van der Waals surface area contributed by atoms with Gasteiger partial charge in [0.15, 0.2) is 0 Å². The molecule has 0 radical (unpaired) electrons. The Morgan fingerprint density at radius 2 is 2.13 bits per heavy atom. The van der Waals surface area contributed by atoms with Crippen LogP contribution in [0.25, 0.3) is 10.9 Å². The molecule has 1 aromatic carbocycles. The topological polar surface area (TPSA) is 30.9 Å². The van der Waals surface area contributed by atoms with E-state index in [4.69, 9.17) is 17.3 Å². The first-order valence-corrected chi connectivity index (χ1v) is 5.46. The van der Waals surface area contributed by atoms with Crippen molar-refractivity contribution in [2.24, 2.45) is 12.8 Å². The molecule has 80 valence electrons. The predicted molar refractivity (Wildman–Crippen MR) is 65.4 cm³/mol. The van der Waals surface area contributed by atoms with Crippen LogP contribution >= 0.6 is 11.6 Å². The fourth-order valence-corrected chi connectivity index (χ4v) is 2.35. The highest BCUT2D eigenvalue weighted by atomic mass is 35.5. The van der Waals surface area contributed by atoms with Crippen molar-refractivity contribution < 1.29 is 0 Å². The molecule has 3 heteroatoms. The van der Waals surface area contributed by atoms with E-state index in [1.165, 1.54) is 11.1 Å². The Kier molecular flexibility index (Phi) is 2.72. The molecule has 1 aromatic heterocycles. The molecule has 0 saturated carbocycles. The first-order chi connectivity index (χ1) is 7.15. The van der Waals surface area contributed by atoms with Crippen LogP contribution in [0, 0.1) is 6.92 Å². The van der Waals surface area contributed by atoms with Gasteiger partial charge >= 0.3 is 0 Å². The third-order valence-corrected chi connectivity index (χ3v) is 3.21. The molecule has 0 aliphatic heterocycles. The molecule has 0 aliphatic rings. The Balaban J connectivity index is 2.73. The maximum Gasteiger partial charge on any atom is 0.0694 e. The minimum Gasteiger partial charge on any atom is -0.346 e. The van der Waals surface area contributed by atoms with Crippen molar-refractivity contribution >= 4 is 22.5 Å². The monoisotopic (exact) mass is 222 g/mol. The lowest BCUT2D eigenvalue weighted by Crippen LogP contribution is -2.06. The summed E-state index contributed by atoms with van der Waals surface area (Å²) in [7, 11) is 2.04. The summed E-state index contributed by atoms with van der Waals surface area (Å²) < 4.78 is 2.14. The van der Waals surface area contributed by atoms with E-state index in [9.17, 15) is 0 Å². The van der Waals surface area contributed by atoms with Crippen molar-refractivity contribution in [1.82, 2.24) is 4.57 Å². The second-order valence-corrected chi connectivity index (χ2v) is 4.26. The van der Waals surface area contributed by atoms with Gasteiger partial charge in [-0.1, -0.05) is 23.7 Å². The van der Waals surface area contributed by atoms with Crippen LogP contribution in [0.3, 0.4) is 0 Å². The summed E-state index contributed by atoms with van der Waals surface area (Å²) in [6.45, 7) is 2.71. The van der Waals surface area contributed by atoms with Gasteiger partial charge in [-0.15, -0.1) is 0 Å². The highest BCUT2D eigenvalue weighted by Crippen LogP contribution is 2.30. The molecule has 0 spiro atoms. The second-order valence-electron chi connectivity index (χ2n) is 3.88. The van der Waals surface area contributed by atoms with Gasteiger partial charge in [0.05, 0.1) is 5.02 Å². The fraction of sp³-hybridized carbons (Fsp3) is 0.333. The molecule has 0 amide bonds. The number of aryl methyl sites for hydroxylation is 2. The minimum atomic E-state index is 0.628. The standard InChI is InChI=1S/C12H15ClN2/c1-8-3-4-9-11(7-8)15(2)10(5-6-14)12(9)13/h3-4,7H,5-6,14H2,1-2H3. The Bertz CT molecular complexity index is 500. The molecule has 0 bridgehead atoms. The van der Waals surface area contributed by atoms with Crippen LogP contribution in [0.1, 0.15) is 11.3 Å². The average molecular weight is 223 g/mol. The van der Waals surface area contributed by atoms with Crippen LogP contribution in [0.15, 0.2) is 18.2 Å². The van der Waals surface area contributed by atoms with E-state index in [0.717, 1.165) is 22.5 Å². The van der Waals surface area contributed by atoms with Crippen molar-refractivity contribution in [3.63, 3.8) is 0 Å². The van der Waals surface area contributed by atoms with E-state index in [2.05, 4.69) is 29.7 Å². The summed E-state index contributed by atoms with van der Waals surface area (Å²) in [6.07, 6.45) is 0.822. The van der Waals surface area contributed by atoms with E-state index in [1.54, 1.807) is 0 Å². The predicted octanol–water partition coefficient (Wildman–Crippen LogP) is 2.64. The van der Waals surface area contributed by atoms with Gasteiger partial charge in [-0.2, -0.15) is 0 Å². The lowest BCUT2D eigenvalue weighted by Gasteiger charge is -2.02. The lowest BCUT2D eigenvalue weighted by atomic mass is 10.2. The van der Waals surface area contributed by atoms with E-state index in [0.29, 0.717) is 6.54 Å². The van der Waals surface area contributed by atoms with Crippen molar-refractivity contribution in [2.45, 2.75) is 13.3 Å². The zero-order valence-electron chi connectivity index (χ0n) is 9.05. The number of aromatic nitrogens is 1. The second kappa shape index (κ2) is 3.87. The van der Waals surface area contributed by atoms with Crippen molar-refractivity contribution in [3.05, 3.63) is 34.5 Å². The number of rotatable bonds is 2. The Morgan fingerprint density at radius 3 is 2.80 bits per heavy atom. The van der Waals surface area contributed by atoms with E-state index >= 15 is 0 Å². The van der Waals surface area contributed by atoms with Crippen LogP contribution in [0.5, 0.6) is 0 Å². The fourth-order valence-electron chi connectivity index (χ4n) is 1.97. The number of hydrogen-bond donors (Lipinski definition) is 1. The molecule has 0 saturated heterocycles. The van der Waals surface area contributed by atoms with Gasteiger partial charge in [-0.05, 0) is 25.1 Å². The lowest BCUT2D eigenvalue weighted by molar-refractivity contribution is 0.827. The average Bonchev–Trinajstić information content (AvgIpc) is 2.44. The normalized spacial score (nSPS) is 11.2. The molecule has 0 aliphatic carbocycles. The van der Waals surface area contributed by atoms with Crippen LogP contribution in [-0.4, -0.2) is 11.1 Å². The van der Waals surface area contributed by atoms with Crippen molar-refractivity contribution in [3.8, 4) is 0 Å². The SMILES string of the molecule is Cc1ccc2c(Cl)c(CCN)n(C)c2c1. The molecular formula is C12H15ClN2. The van der Waals surface area contributed by atoms with E-state index in [1.807, 2.05) is 7.05 Å². The number of halogens is 1. The van der Waals surface area contributed by atoms with Gasteiger partial charge < -0.3 is 10.3 Å². The Labute approximate surface area is 94.6 Å². The number of benzene rings is 1. The number of nitrogens with zero attached hydrogens (tertiary/aromatic N) is 1. The summed E-state index contributed by atoms with van der Waals surface area (Å²) in [6, 6.07) is 6.31. The number of fused-ring (bicyclic) bond motifs is 1. The molecule has 15 heavy (non-hydrogen) atoms. The van der Waals surface area contributed by atoms with Gasteiger partial charge in [-0.3, -0.25) is 0 Å². The van der Waals surface area contributed by atoms with Crippen LogP contribution in [0.4, 0.5) is 0 Å². The van der Waals surface area contributed by atoms with Gasteiger partial charge in [0.25, 0.3) is 0 Å². The quantitative estimate of drug-likeness (QED) is 0.832. The highest BCUT2D eigenvalue weighted by molar-refractivity contribution is 6.36. The molecule has 0 unspecified atom stereocenters. The third kappa shape index (κ3) is 1.64. The Hall–Kier alpha value is -0.990. The van der Waals surface area contributed by atoms with Crippen LogP contribution < -0.4 is 5.73 Å². The van der Waals surface area contributed by atoms with Gasteiger partial charge in [0.2, 0.25) is 0 Å². The molecular weight excluding hydrogens is 208 g/mol. The summed E-state index contributed by atoms with van der Waals surface area (Å²) >= 11 is 6.32. The van der Waals surface area contributed by atoms with E-state index < -0.39 is 0 Å². The molecule has 2 rings (SSSR count). The maximum atomic E-state index is 6.32. The summed E-state index contributed by atoms with van der Waals surface area (Å²) in [5.41, 5.74) is 9.14.